The van der Waals surface area contributed by atoms with Crippen molar-refractivity contribution in [1.82, 2.24) is 20.5 Å². The number of pyridine rings is 1. The molecule has 1 aromatic heterocycles. The van der Waals surface area contributed by atoms with Gasteiger partial charge in [0.1, 0.15) is 6.10 Å². The van der Waals surface area contributed by atoms with Gasteiger partial charge in [-0.2, -0.15) is 0 Å². The van der Waals surface area contributed by atoms with Crippen LogP contribution in [0.5, 0.6) is 5.88 Å². The summed E-state index contributed by atoms with van der Waals surface area (Å²) >= 11 is 0. The molecule has 0 spiro atoms. The number of ether oxygens (including phenoxy) is 2. The molecule has 1 aliphatic heterocycles. The van der Waals surface area contributed by atoms with Crippen molar-refractivity contribution < 1.29 is 14.3 Å². The lowest BCUT2D eigenvalue weighted by Crippen LogP contribution is -2.49. The van der Waals surface area contributed by atoms with E-state index in [0.717, 1.165) is 43.8 Å². The number of carbonyl (C=O) groups excluding carboxylic acids is 1. The number of aromatic nitrogens is 1. The van der Waals surface area contributed by atoms with Crippen molar-refractivity contribution in [1.29, 1.82) is 0 Å². The molecule has 8 nitrogen and oxygen atoms in total. The average Bonchev–Trinajstić information content (AvgIpc) is 3.27. The summed E-state index contributed by atoms with van der Waals surface area (Å²) in [6.45, 7) is 7.03. The number of rotatable bonds is 7. The molecule has 0 bridgehead atoms. The van der Waals surface area contributed by atoms with E-state index >= 15 is 0 Å². The largest absolute Gasteiger partial charge is 0.474 e. The Hall–Kier alpha value is -1.78. The molecule has 0 radical (unpaired) electrons. The van der Waals surface area contributed by atoms with Gasteiger partial charge in [0.25, 0.3) is 0 Å². The number of likely N-dealkylation sites (tertiary alicyclic amines) is 1. The summed E-state index contributed by atoms with van der Waals surface area (Å²) in [5.74, 6) is 1.49. The molecular weight excluding hydrogens is 509 g/mol. The van der Waals surface area contributed by atoms with E-state index in [-0.39, 0.29) is 36.1 Å². The quantitative estimate of drug-likeness (QED) is 0.309. The van der Waals surface area contributed by atoms with Crippen LogP contribution in [0.15, 0.2) is 23.3 Å². The fourth-order valence-electron chi connectivity index (χ4n) is 3.86. The monoisotopic (exact) mass is 545 g/mol. The summed E-state index contributed by atoms with van der Waals surface area (Å²) in [5, 5.41) is 6.80. The highest BCUT2D eigenvalue weighted by Crippen LogP contribution is 2.23. The van der Waals surface area contributed by atoms with Crippen LogP contribution in [0.4, 0.5) is 4.79 Å². The highest BCUT2D eigenvalue weighted by atomic mass is 127. The molecule has 9 heteroatoms. The second-order valence-corrected chi connectivity index (χ2v) is 7.83. The van der Waals surface area contributed by atoms with E-state index in [2.05, 4.69) is 22.5 Å². The number of guanidine groups is 1. The van der Waals surface area contributed by atoms with Crippen LogP contribution in [0.25, 0.3) is 0 Å². The molecule has 2 fully saturated rings. The number of nitrogens with zero attached hydrogens (tertiary/aromatic N) is 3. The van der Waals surface area contributed by atoms with Crippen LogP contribution in [0.1, 0.15) is 57.9 Å². The molecule has 0 atom stereocenters. The summed E-state index contributed by atoms with van der Waals surface area (Å²) in [6.07, 6.45) is 8.45. The van der Waals surface area contributed by atoms with Crippen molar-refractivity contribution >= 4 is 36.0 Å². The van der Waals surface area contributed by atoms with E-state index in [1.807, 2.05) is 25.3 Å². The zero-order chi connectivity index (χ0) is 21.2. The second-order valence-electron chi connectivity index (χ2n) is 7.83. The van der Waals surface area contributed by atoms with Gasteiger partial charge < -0.3 is 25.0 Å². The van der Waals surface area contributed by atoms with Gasteiger partial charge in [0, 0.05) is 37.9 Å². The lowest BCUT2D eigenvalue weighted by Gasteiger charge is -2.32. The third kappa shape index (κ3) is 8.34. The third-order valence-electron chi connectivity index (χ3n) is 5.51. The summed E-state index contributed by atoms with van der Waals surface area (Å²) < 4.78 is 11.0. The van der Waals surface area contributed by atoms with Crippen LogP contribution in [-0.2, 0) is 11.3 Å². The van der Waals surface area contributed by atoms with Gasteiger partial charge >= 0.3 is 6.09 Å². The van der Waals surface area contributed by atoms with Crippen molar-refractivity contribution in [3.63, 3.8) is 0 Å². The Labute approximate surface area is 202 Å². The smallest absolute Gasteiger partial charge is 0.409 e. The first kappa shape index (κ1) is 25.5. The van der Waals surface area contributed by atoms with E-state index < -0.39 is 0 Å². The van der Waals surface area contributed by atoms with Gasteiger partial charge in [0.05, 0.1) is 13.2 Å². The Bertz CT molecular complexity index is 687. The Kier molecular flexibility index (Phi) is 11.2. The highest BCUT2D eigenvalue weighted by Gasteiger charge is 2.24. The molecule has 31 heavy (non-hydrogen) atoms. The Morgan fingerprint density at radius 2 is 1.94 bits per heavy atom. The van der Waals surface area contributed by atoms with Crippen molar-refractivity contribution in [2.45, 2.75) is 71.1 Å². The summed E-state index contributed by atoms with van der Waals surface area (Å²) in [7, 11) is 0. The molecule has 1 aromatic rings. The molecule has 1 saturated heterocycles. The molecular formula is C22H36IN5O3. The lowest BCUT2D eigenvalue weighted by atomic mass is 10.1. The van der Waals surface area contributed by atoms with Gasteiger partial charge in [-0.1, -0.05) is 6.07 Å². The maximum Gasteiger partial charge on any atom is 0.409 e. The molecule has 1 saturated carbocycles. The Balaban J connectivity index is 0.00000341. The van der Waals surface area contributed by atoms with Gasteiger partial charge in [0.15, 0.2) is 5.96 Å². The van der Waals surface area contributed by atoms with Crippen LogP contribution in [0.3, 0.4) is 0 Å². The van der Waals surface area contributed by atoms with Gasteiger partial charge in [-0.3, -0.25) is 0 Å². The lowest BCUT2D eigenvalue weighted by molar-refractivity contribution is 0.0963. The predicted molar refractivity (Wildman–Crippen MR) is 132 cm³/mol. The number of aliphatic imine (C=N–C) groups is 1. The zero-order valence-corrected chi connectivity index (χ0v) is 21.0. The first-order chi connectivity index (χ1) is 14.7. The van der Waals surface area contributed by atoms with E-state index in [0.29, 0.717) is 38.2 Å². The summed E-state index contributed by atoms with van der Waals surface area (Å²) in [5.41, 5.74) is 1.04. The highest BCUT2D eigenvalue weighted by molar-refractivity contribution is 14.0. The molecule has 174 valence electrons. The topological polar surface area (TPSA) is 88.1 Å². The molecule has 0 unspecified atom stereocenters. The second kappa shape index (κ2) is 13.6. The van der Waals surface area contributed by atoms with E-state index in [9.17, 15) is 4.79 Å². The number of amides is 1. The fraction of sp³-hybridized carbons (Fsp3) is 0.682. The minimum absolute atomic E-state index is 0. The zero-order valence-electron chi connectivity index (χ0n) is 18.6. The fourth-order valence-corrected chi connectivity index (χ4v) is 3.86. The van der Waals surface area contributed by atoms with Gasteiger partial charge in [-0.15, -0.1) is 24.0 Å². The van der Waals surface area contributed by atoms with Crippen LogP contribution in [-0.4, -0.2) is 60.3 Å². The maximum atomic E-state index is 11.8. The van der Waals surface area contributed by atoms with E-state index in [4.69, 9.17) is 14.5 Å². The molecule has 2 heterocycles. The van der Waals surface area contributed by atoms with Crippen molar-refractivity contribution in [2.75, 3.05) is 26.2 Å². The first-order valence-corrected chi connectivity index (χ1v) is 11.3. The van der Waals surface area contributed by atoms with Crippen LogP contribution in [0.2, 0.25) is 0 Å². The number of carbonyl (C=O) groups is 1. The number of nitrogens with one attached hydrogen (secondary N) is 2. The Morgan fingerprint density at radius 1 is 1.19 bits per heavy atom. The Morgan fingerprint density at radius 3 is 2.55 bits per heavy atom. The molecule has 1 aliphatic carbocycles. The maximum absolute atomic E-state index is 11.8. The average molecular weight is 545 g/mol. The number of hydrogen-bond donors (Lipinski definition) is 2. The standard InChI is InChI=1S/C22H35N5O3.HI/c1-3-23-21(26-18-11-13-27(14-12-18)22(28)29-4-2)25-16-17-9-10-20(24-15-17)30-19-7-5-6-8-19;/h9-10,15,18-19H,3-8,11-14,16H2,1-2H3,(H2,23,25,26);1H. The van der Waals surface area contributed by atoms with Crippen LogP contribution < -0.4 is 15.4 Å². The van der Waals surface area contributed by atoms with E-state index in [1.54, 1.807) is 4.90 Å². The molecule has 0 aromatic carbocycles. The van der Waals surface area contributed by atoms with Gasteiger partial charge in [-0.25, -0.2) is 14.8 Å². The number of hydrogen-bond acceptors (Lipinski definition) is 5. The van der Waals surface area contributed by atoms with Crippen molar-refractivity contribution in [3.05, 3.63) is 23.9 Å². The summed E-state index contributed by atoms with van der Waals surface area (Å²) in [6, 6.07) is 4.25. The molecule has 3 rings (SSSR count). The SMILES string of the molecule is CCNC(=NCc1ccc(OC2CCCC2)nc1)NC1CCN(C(=O)OCC)CC1.I. The normalized spacial score (nSPS) is 17.7. The van der Waals surface area contributed by atoms with Crippen LogP contribution >= 0.6 is 24.0 Å². The number of piperidine rings is 1. The van der Waals surface area contributed by atoms with Gasteiger partial charge in [-0.05, 0) is 57.9 Å². The minimum atomic E-state index is -0.218. The van der Waals surface area contributed by atoms with Crippen molar-refractivity contribution in [2.24, 2.45) is 4.99 Å². The molecule has 1 amide bonds. The van der Waals surface area contributed by atoms with Gasteiger partial charge in [0.2, 0.25) is 5.88 Å². The molecule has 2 aliphatic rings. The summed E-state index contributed by atoms with van der Waals surface area (Å²) in [4.78, 5) is 22.8. The predicted octanol–water partition coefficient (Wildman–Crippen LogP) is 3.70. The molecule has 2 N–H and O–H groups in total. The number of halogens is 1. The first-order valence-electron chi connectivity index (χ1n) is 11.3. The minimum Gasteiger partial charge on any atom is -0.474 e. The third-order valence-corrected chi connectivity index (χ3v) is 5.51. The van der Waals surface area contributed by atoms with E-state index in [1.165, 1.54) is 12.8 Å². The van der Waals surface area contributed by atoms with Crippen LogP contribution in [0, 0.1) is 0 Å². The van der Waals surface area contributed by atoms with Crippen molar-refractivity contribution in [3.8, 4) is 5.88 Å².